The largest absolute Gasteiger partial charge is 0.247 e. The summed E-state index contributed by atoms with van der Waals surface area (Å²) in [6, 6.07) is 53.5. The number of pyridine rings is 3. The van der Waals surface area contributed by atoms with Crippen LogP contribution in [0.5, 0.6) is 0 Å². The van der Waals surface area contributed by atoms with Gasteiger partial charge in [0, 0.05) is 53.0 Å². The molecule has 0 fully saturated rings. The first-order chi connectivity index (χ1) is 23.3. The summed E-state index contributed by atoms with van der Waals surface area (Å²) in [5, 5.41) is 8.30. The Morgan fingerprint density at radius 2 is 1.02 bits per heavy atom. The number of hydrogen-bond donors (Lipinski definition) is 0. The third-order valence-electron chi connectivity index (χ3n) is 9.22. The van der Waals surface area contributed by atoms with Crippen LogP contribution in [-0.2, 0) is 0 Å². The standard InChI is InChI=1S/C43H25N3S/c1-2-10-27(11-3-1)34-22-20-28-17-18-29-21-23-35(45-42(29)41(28)44-34)30-12-8-13-31(25-30)40-39-33-15-6-7-16-37(33)47-43(39)38-32-14-5-4-9-26(32)19-24-36(38)46-40/h1-25H. The van der Waals surface area contributed by atoms with E-state index in [0.717, 1.165) is 61.1 Å². The van der Waals surface area contributed by atoms with E-state index >= 15 is 0 Å². The first-order valence-electron chi connectivity index (χ1n) is 15.8. The quantitative estimate of drug-likeness (QED) is 0.186. The second-order valence-electron chi connectivity index (χ2n) is 12.0. The summed E-state index contributed by atoms with van der Waals surface area (Å²) in [6.07, 6.45) is 0. The van der Waals surface area contributed by atoms with Gasteiger partial charge in [0.1, 0.15) is 0 Å². The van der Waals surface area contributed by atoms with E-state index in [1.54, 1.807) is 0 Å². The highest BCUT2D eigenvalue weighted by molar-refractivity contribution is 7.27. The van der Waals surface area contributed by atoms with Crippen LogP contribution in [0, 0.1) is 0 Å². The van der Waals surface area contributed by atoms with Gasteiger partial charge < -0.3 is 0 Å². The average molecular weight is 616 g/mol. The molecule has 0 unspecified atom stereocenters. The minimum atomic E-state index is 0.908. The lowest BCUT2D eigenvalue weighted by atomic mass is 9.98. The van der Waals surface area contributed by atoms with Crippen LogP contribution < -0.4 is 0 Å². The molecule has 0 bridgehead atoms. The summed E-state index contributed by atoms with van der Waals surface area (Å²) in [6.45, 7) is 0. The number of thiophene rings is 1. The minimum absolute atomic E-state index is 0.908. The highest BCUT2D eigenvalue weighted by Gasteiger charge is 2.18. The smallest absolute Gasteiger partial charge is 0.0972 e. The molecular formula is C43H25N3S. The molecule has 0 saturated carbocycles. The van der Waals surface area contributed by atoms with E-state index in [0.29, 0.717) is 0 Å². The fraction of sp³-hybridized carbons (Fsp3) is 0. The Balaban J connectivity index is 1.19. The van der Waals surface area contributed by atoms with Gasteiger partial charge in [0.15, 0.2) is 0 Å². The molecule has 0 spiro atoms. The van der Waals surface area contributed by atoms with Gasteiger partial charge in [0.25, 0.3) is 0 Å². The Bertz CT molecular complexity index is 2850. The van der Waals surface area contributed by atoms with Gasteiger partial charge in [-0.2, -0.15) is 0 Å². The van der Waals surface area contributed by atoms with E-state index in [9.17, 15) is 0 Å². The number of hydrogen-bond acceptors (Lipinski definition) is 4. The van der Waals surface area contributed by atoms with Gasteiger partial charge in [0.2, 0.25) is 0 Å². The van der Waals surface area contributed by atoms with Crippen LogP contribution in [0.25, 0.3) is 97.4 Å². The van der Waals surface area contributed by atoms with Gasteiger partial charge in [0.05, 0.1) is 33.6 Å². The molecule has 0 atom stereocenters. The topological polar surface area (TPSA) is 38.7 Å². The molecule has 47 heavy (non-hydrogen) atoms. The lowest BCUT2D eigenvalue weighted by molar-refractivity contribution is 1.36. The fourth-order valence-corrected chi connectivity index (χ4v) is 8.23. The zero-order chi connectivity index (χ0) is 30.9. The lowest BCUT2D eigenvalue weighted by Gasteiger charge is -2.12. The first kappa shape index (κ1) is 26.3. The molecule has 0 aliphatic carbocycles. The number of benzene rings is 6. The van der Waals surface area contributed by atoms with Crippen molar-refractivity contribution in [3.8, 4) is 33.8 Å². The van der Waals surface area contributed by atoms with Gasteiger partial charge in [-0.1, -0.05) is 121 Å². The van der Waals surface area contributed by atoms with Crippen molar-refractivity contribution in [3.05, 3.63) is 152 Å². The normalized spacial score (nSPS) is 11.8. The van der Waals surface area contributed by atoms with E-state index < -0.39 is 0 Å². The summed E-state index contributed by atoms with van der Waals surface area (Å²) in [7, 11) is 0. The lowest BCUT2D eigenvalue weighted by Crippen LogP contribution is -1.92. The number of aromatic nitrogens is 3. The Labute approximate surface area is 274 Å². The van der Waals surface area contributed by atoms with Crippen molar-refractivity contribution in [3.63, 3.8) is 0 Å². The van der Waals surface area contributed by atoms with Crippen molar-refractivity contribution in [1.82, 2.24) is 15.0 Å². The number of rotatable bonds is 3. The Hall–Kier alpha value is -5.97. The Morgan fingerprint density at radius 1 is 0.404 bits per heavy atom. The maximum Gasteiger partial charge on any atom is 0.0972 e. The van der Waals surface area contributed by atoms with E-state index in [2.05, 4.69) is 133 Å². The molecule has 0 amide bonds. The highest BCUT2D eigenvalue weighted by atomic mass is 32.1. The maximum absolute atomic E-state index is 5.39. The van der Waals surface area contributed by atoms with Crippen molar-refractivity contribution in [2.24, 2.45) is 0 Å². The third kappa shape index (κ3) is 4.16. The average Bonchev–Trinajstić information content (AvgIpc) is 3.54. The molecule has 10 rings (SSSR count). The Morgan fingerprint density at radius 3 is 1.83 bits per heavy atom. The van der Waals surface area contributed by atoms with Crippen LogP contribution >= 0.6 is 11.3 Å². The molecule has 0 aliphatic rings. The van der Waals surface area contributed by atoms with Crippen LogP contribution in [0.4, 0.5) is 0 Å². The predicted octanol–water partition coefficient (Wildman–Crippen LogP) is 11.9. The van der Waals surface area contributed by atoms with Crippen molar-refractivity contribution < 1.29 is 0 Å². The predicted molar refractivity (Wildman–Crippen MR) is 199 cm³/mol. The molecule has 4 heteroatoms. The van der Waals surface area contributed by atoms with Crippen molar-refractivity contribution in [1.29, 1.82) is 0 Å². The van der Waals surface area contributed by atoms with Gasteiger partial charge in [-0.05, 0) is 41.1 Å². The highest BCUT2D eigenvalue weighted by Crippen LogP contribution is 2.45. The molecule has 10 aromatic rings. The first-order valence-corrected chi connectivity index (χ1v) is 16.6. The SMILES string of the molecule is c1ccc(-c2ccc3ccc4ccc(-c5cccc(-c6nc7ccc8ccccc8c7c7sc8ccccc8c67)c5)nc4c3n2)cc1. The third-order valence-corrected chi connectivity index (χ3v) is 10.4. The van der Waals surface area contributed by atoms with Crippen LogP contribution in [0.2, 0.25) is 0 Å². The molecule has 0 N–H and O–H groups in total. The van der Waals surface area contributed by atoms with Gasteiger partial charge in [-0.15, -0.1) is 11.3 Å². The molecule has 3 nitrogen and oxygen atoms in total. The van der Waals surface area contributed by atoms with Gasteiger partial charge in [-0.25, -0.2) is 15.0 Å². The summed E-state index contributed by atoms with van der Waals surface area (Å²) in [5.74, 6) is 0. The molecule has 6 aromatic carbocycles. The van der Waals surface area contributed by atoms with E-state index in [1.165, 1.54) is 36.3 Å². The van der Waals surface area contributed by atoms with Crippen molar-refractivity contribution >= 4 is 75.0 Å². The summed E-state index contributed by atoms with van der Waals surface area (Å²) in [4.78, 5) is 15.7. The maximum atomic E-state index is 5.39. The summed E-state index contributed by atoms with van der Waals surface area (Å²) in [5.41, 5.74) is 8.92. The van der Waals surface area contributed by atoms with Gasteiger partial charge >= 0.3 is 0 Å². The minimum Gasteiger partial charge on any atom is -0.247 e. The van der Waals surface area contributed by atoms with Crippen LogP contribution in [-0.4, -0.2) is 15.0 Å². The molecule has 0 radical (unpaired) electrons. The van der Waals surface area contributed by atoms with Gasteiger partial charge in [-0.3, -0.25) is 0 Å². The van der Waals surface area contributed by atoms with E-state index in [1.807, 2.05) is 29.5 Å². The summed E-state index contributed by atoms with van der Waals surface area (Å²) >= 11 is 1.86. The second-order valence-corrected chi connectivity index (χ2v) is 13.0. The summed E-state index contributed by atoms with van der Waals surface area (Å²) < 4.78 is 2.55. The fourth-order valence-electron chi connectivity index (χ4n) is 6.96. The molecule has 0 saturated heterocycles. The zero-order valence-corrected chi connectivity index (χ0v) is 26.0. The second kappa shape index (κ2) is 10.3. The molecule has 218 valence electrons. The molecule has 4 heterocycles. The number of nitrogens with zero attached hydrogens (tertiary/aromatic N) is 3. The van der Waals surface area contributed by atoms with E-state index in [-0.39, 0.29) is 0 Å². The molecule has 4 aromatic heterocycles. The van der Waals surface area contributed by atoms with E-state index in [4.69, 9.17) is 15.0 Å². The van der Waals surface area contributed by atoms with Crippen LogP contribution in [0.1, 0.15) is 0 Å². The van der Waals surface area contributed by atoms with Crippen molar-refractivity contribution in [2.45, 2.75) is 0 Å². The van der Waals surface area contributed by atoms with Crippen LogP contribution in [0.15, 0.2) is 152 Å². The zero-order valence-electron chi connectivity index (χ0n) is 25.2. The molecule has 0 aliphatic heterocycles. The Kier molecular flexibility index (Phi) is 5.74. The van der Waals surface area contributed by atoms with Crippen molar-refractivity contribution in [2.75, 3.05) is 0 Å². The van der Waals surface area contributed by atoms with Crippen LogP contribution in [0.3, 0.4) is 0 Å². The monoisotopic (exact) mass is 615 g/mol. The molecular weight excluding hydrogens is 591 g/mol. The number of fused-ring (bicyclic) bond motifs is 10.